The van der Waals surface area contributed by atoms with Gasteiger partial charge in [0.1, 0.15) is 6.04 Å². The Hall–Kier alpha value is -1.22. The lowest BCUT2D eigenvalue weighted by molar-refractivity contribution is -0.111. The largest absolute Gasteiger partial charge is 0.288 e. The maximum atomic E-state index is 10.8. The molecule has 0 N–H and O–H groups in total. The Morgan fingerprint density at radius 3 is 3.08 bits per heavy atom. The molecule has 0 saturated heterocycles. The standard InChI is InChI=1S/C8H5ClN2O/c9-5-1-2-6-7(3-5)10-4-8(12)11-6/h1-4,7H. The maximum absolute atomic E-state index is 10.8. The summed E-state index contributed by atoms with van der Waals surface area (Å²) in [5.74, 6) is -0.308. The molecule has 0 aromatic heterocycles. The molecule has 4 heteroatoms. The summed E-state index contributed by atoms with van der Waals surface area (Å²) in [5.41, 5.74) is 0.659. The number of halogens is 1. The van der Waals surface area contributed by atoms with Crippen LogP contribution in [-0.4, -0.2) is 23.9 Å². The van der Waals surface area contributed by atoms with E-state index in [2.05, 4.69) is 9.98 Å². The average molecular weight is 181 g/mol. The zero-order chi connectivity index (χ0) is 8.55. The van der Waals surface area contributed by atoms with Gasteiger partial charge >= 0.3 is 0 Å². The molecule has 2 rings (SSSR count). The van der Waals surface area contributed by atoms with E-state index in [1.807, 2.05) is 0 Å². The van der Waals surface area contributed by atoms with Crippen LogP contribution in [0.15, 0.2) is 33.2 Å². The summed E-state index contributed by atoms with van der Waals surface area (Å²) in [6.45, 7) is 0. The molecule has 1 aliphatic heterocycles. The number of aliphatic imine (C=N–C) groups is 2. The highest BCUT2D eigenvalue weighted by Crippen LogP contribution is 2.16. The molecule has 1 heterocycles. The van der Waals surface area contributed by atoms with Crippen molar-refractivity contribution >= 4 is 29.4 Å². The van der Waals surface area contributed by atoms with E-state index in [9.17, 15) is 4.79 Å². The van der Waals surface area contributed by atoms with E-state index in [1.54, 1.807) is 18.2 Å². The van der Waals surface area contributed by atoms with E-state index in [1.165, 1.54) is 6.21 Å². The molecular formula is C8H5ClN2O. The van der Waals surface area contributed by atoms with Crippen LogP contribution in [0.4, 0.5) is 0 Å². The number of carbonyl (C=O) groups is 1. The van der Waals surface area contributed by atoms with E-state index < -0.39 is 0 Å². The average Bonchev–Trinajstić information content (AvgIpc) is 2.05. The van der Waals surface area contributed by atoms with Crippen LogP contribution in [0.25, 0.3) is 0 Å². The topological polar surface area (TPSA) is 41.8 Å². The molecule has 1 aliphatic carbocycles. The second-order valence-electron chi connectivity index (χ2n) is 2.48. The Morgan fingerprint density at radius 2 is 2.25 bits per heavy atom. The molecule has 0 saturated carbocycles. The van der Waals surface area contributed by atoms with Crippen LogP contribution in [0, 0.1) is 0 Å². The minimum Gasteiger partial charge on any atom is -0.273 e. The van der Waals surface area contributed by atoms with E-state index in [4.69, 9.17) is 11.6 Å². The molecule has 12 heavy (non-hydrogen) atoms. The number of allylic oxidation sites excluding steroid dienone is 2. The number of fused-ring (bicyclic) bond motifs is 1. The summed E-state index contributed by atoms with van der Waals surface area (Å²) in [5, 5.41) is 0.630. The van der Waals surface area contributed by atoms with Crippen molar-refractivity contribution in [3.63, 3.8) is 0 Å². The highest BCUT2D eigenvalue weighted by molar-refractivity contribution is 6.35. The lowest BCUT2D eigenvalue weighted by atomic mass is 10.1. The molecule has 1 unspecified atom stereocenters. The molecule has 0 spiro atoms. The van der Waals surface area contributed by atoms with Gasteiger partial charge in [0.05, 0.1) is 11.9 Å². The second-order valence-corrected chi connectivity index (χ2v) is 2.92. The Kier molecular flexibility index (Phi) is 1.66. The first-order valence-electron chi connectivity index (χ1n) is 3.47. The van der Waals surface area contributed by atoms with Gasteiger partial charge in [-0.1, -0.05) is 11.6 Å². The molecule has 0 bridgehead atoms. The van der Waals surface area contributed by atoms with Gasteiger partial charge in [-0.05, 0) is 18.2 Å². The number of amides is 1. The maximum Gasteiger partial charge on any atom is 0.288 e. The van der Waals surface area contributed by atoms with E-state index in [0.29, 0.717) is 10.7 Å². The summed E-state index contributed by atoms with van der Waals surface area (Å²) in [6, 6.07) is -0.166. The van der Waals surface area contributed by atoms with Crippen molar-refractivity contribution in [3.05, 3.63) is 23.3 Å². The summed E-state index contributed by atoms with van der Waals surface area (Å²) in [4.78, 5) is 18.5. The van der Waals surface area contributed by atoms with Crippen LogP contribution >= 0.6 is 11.6 Å². The van der Waals surface area contributed by atoms with Crippen LogP contribution in [0.2, 0.25) is 0 Å². The number of hydrogen-bond acceptors (Lipinski definition) is 2. The summed E-state index contributed by atoms with van der Waals surface area (Å²) < 4.78 is 0. The van der Waals surface area contributed by atoms with Crippen LogP contribution in [-0.2, 0) is 4.79 Å². The van der Waals surface area contributed by atoms with Gasteiger partial charge in [0, 0.05) is 5.03 Å². The highest BCUT2D eigenvalue weighted by atomic mass is 35.5. The first-order valence-corrected chi connectivity index (χ1v) is 3.84. The zero-order valence-corrected chi connectivity index (χ0v) is 6.82. The van der Waals surface area contributed by atoms with Gasteiger partial charge in [0.25, 0.3) is 5.91 Å². The van der Waals surface area contributed by atoms with Gasteiger partial charge in [-0.3, -0.25) is 9.79 Å². The zero-order valence-electron chi connectivity index (χ0n) is 6.07. The summed E-state index contributed by atoms with van der Waals surface area (Å²) >= 11 is 5.73. The summed E-state index contributed by atoms with van der Waals surface area (Å²) in [7, 11) is 0. The molecule has 0 aromatic rings. The van der Waals surface area contributed by atoms with Crippen molar-refractivity contribution < 1.29 is 4.79 Å². The predicted molar refractivity (Wildman–Crippen MR) is 47.8 cm³/mol. The minimum atomic E-state index is -0.308. The SMILES string of the molecule is O=C1C=NC2C=C(Cl)C=CC2=N1. The normalized spacial score (nSPS) is 26.4. The quantitative estimate of drug-likeness (QED) is 0.551. The van der Waals surface area contributed by atoms with Crippen molar-refractivity contribution in [1.82, 2.24) is 0 Å². The van der Waals surface area contributed by atoms with E-state index >= 15 is 0 Å². The molecule has 0 radical (unpaired) electrons. The predicted octanol–water partition coefficient (Wildman–Crippen LogP) is 1.10. The van der Waals surface area contributed by atoms with Crippen molar-refractivity contribution in [2.24, 2.45) is 9.98 Å². The number of carbonyl (C=O) groups excluding carboxylic acids is 1. The van der Waals surface area contributed by atoms with Gasteiger partial charge in [0.15, 0.2) is 0 Å². The fraction of sp³-hybridized carbons (Fsp3) is 0.125. The molecule has 2 aliphatic rings. The minimum absolute atomic E-state index is 0.166. The third kappa shape index (κ3) is 1.23. The van der Waals surface area contributed by atoms with Crippen LogP contribution in [0.3, 0.4) is 0 Å². The Balaban J connectivity index is 2.38. The van der Waals surface area contributed by atoms with E-state index in [0.717, 1.165) is 0 Å². The van der Waals surface area contributed by atoms with E-state index in [-0.39, 0.29) is 11.9 Å². The lowest BCUT2D eigenvalue weighted by Gasteiger charge is -2.14. The van der Waals surface area contributed by atoms with Crippen LogP contribution in [0.5, 0.6) is 0 Å². The molecule has 0 aromatic carbocycles. The Bertz CT molecular complexity index is 352. The van der Waals surface area contributed by atoms with Crippen LogP contribution in [0.1, 0.15) is 0 Å². The summed E-state index contributed by atoms with van der Waals surface area (Å²) in [6.07, 6.45) is 6.38. The lowest BCUT2D eigenvalue weighted by Crippen LogP contribution is -2.23. The number of nitrogens with zero attached hydrogens (tertiary/aromatic N) is 2. The van der Waals surface area contributed by atoms with Crippen molar-refractivity contribution in [1.29, 1.82) is 0 Å². The second kappa shape index (κ2) is 2.68. The van der Waals surface area contributed by atoms with Crippen molar-refractivity contribution in [3.8, 4) is 0 Å². The number of hydrogen-bond donors (Lipinski definition) is 0. The van der Waals surface area contributed by atoms with Gasteiger partial charge in [-0.2, -0.15) is 0 Å². The van der Waals surface area contributed by atoms with Gasteiger partial charge in [-0.15, -0.1) is 0 Å². The Morgan fingerprint density at radius 1 is 1.42 bits per heavy atom. The first kappa shape index (κ1) is 7.43. The van der Waals surface area contributed by atoms with Gasteiger partial charge < -0.3 is 0 Å². The van der Waals surface area contributed by atoms with Crippen molar-refractivity contribution in [2.75, 3.05) is 0 Å². The molecule has 1 amide bonds. The van der Waals surface area contributed by atoms with Crippen molar-refractivity contribution in [2.45, 2.75) is 6.04 Å². The molecule has 60 valence electrons. The first-order chi connectivity index (χ1) is 5.75. The molecule has 1 atom stereocenters. The van der Waals surface area contributed by atoms with Gasteiger partial charge in [-0.25, -0.2) is 4.99 Å². The Labute approximate surface area is 74.2 Å². The number of rotatable bonds is 0. The molecule has 3 nitrogen and oxygen atoms in total. The highest BCUT2D eigenvalue weighted by Gasteiger charge is 2.18. The third-order valence-electron chi connectivity index (χ3n) is 1.62. The van der Waals surface area contributed by atoms with Gasteiger partial charge in [0.2, 0.25) is 0 Å². The van der Waals surface area contributed by atoms with Crippen LogP contribution < -0.4 is 0 Å². The smallest absolute Gasteiger partial charge is 0.273 e. The third-order valence-corrected chi connectivity index (χ3v) is 1.87. The fourth-order valence-electron chi connectivity index (χ4n) is 1.08. The monoisotopic (exact) mass is 180 g/mol. The molecule has 0 fully saturated rings. The molecular weight excluding hydrogens is 176 g/mol. The fourth-order valence-corrected chi connectivity index (χ4v) is 1.26.